The number of aromatic nitrogens is 1. The second-order valence-corrected chi connectivity index (χ2v) is 3.66. The smallest absolute Gasteiger partial charge is 0.137 e. The third kappa shape index (κ3) is 2.70. The third-order valence-electron chi connectivity index (χ3n) is 2.15. The highest BCUT2D eigenvalue weighted by Gasteiger charge is 2.11. The van der Waals surface area contributed by atoms with E-state index in [4.69, 9.17) is 10.5 Å². The Hall–Kier alpha value is -1.09. The summed E-state index contributed by atoms with van der Waals surface area (Å²) in [6.45, 7) is 6.80. The molecule has 2 N–H and O–H groups in total. The van der Waals surface area contributed by atoms with Crippen molar-refractivity contribution in [1.82, 2.24) is 4.98 Å². The van der Waals surface area contributed by atoms with Crippen molar-refractivity contribution < 1.29 is 4.74 Å². The molecule has 0 radical (unpaired) electrons. The third-order valence-corrected chi connectivity index (χ3v) is 2.15. The average molecular weight is 194 g/mol. The first-order chi connectivity index (χ1) is 6.65. The minimum atomic E-state index is 0.0305. The van der Waals surface area contributed by atoms with Gasteiger partial charge in [0.05, 0.1) is 12.8 Å². The summed E-state index contributed by atoms with van der Waals surface area (Å²) < 4.78 is 5.36. The molecule has 0 spiro atoms. The Morgan fingerprint density at radius 2 is 2.14 bits per heavy atom. The molecule has 1 rings (SSSR count). The van der Waals surface area contributed by atoms with Gasteiger partial charge in [0.25, 0.3) is 0 Å². The highest BCUT2D eigenvalue weighted by atomic mass is 16.5. The lowest BCUT2D eigenvalue weighted by Gasteiger charge is -2.16. The number of nitrogens with two attached hydrogens (primary N) is 1. The molecule has 1 heterocycles. The van der Waals surface area contributed by atoms with Crippen LogP contribution < -0.4 is 10.5 Å². The molecule has 0 bridgehead atoms. The summed E-state index contributed by atoms with van der Waals surface area (Å²) in [5.41, 5.74) is 7.04. The Balaban J connectivity index is 2.82. The van der Waals surface area contributed by atoms with Crippen LogP contribution in [0.25, 0.3) is 0 Å². The number of pyridine rings is 1. The molecule has 3 nitrogen and oxygen atoms in total. The first-order valence-corrected chi connectivity index (χ1v) is 4.98. The predicted octanol–water partition coefficient (Wildman–Crippen LogP) is 2.14. The van der Waals surface area contributed by atoms with Gasteiger partial charge in [0, 0.05) is 12.2 Å². The van der Waals surface area contributed by atoms with Gasteiger partial charge >= 0.3 is 0 Å². The number of rotatable bonds is 4. The van der Waals surface area contributed by atoms with Crippen molar-refractivity contribution in [2.45, 2.75) is 26.8 Å². The van der Waals surface area contributed by atoms with Gasteiger partial charge in [0.15, 0.2) is 0 Å². The number of hydrogen-bond donors (Lipinski definition) is 1. The van der Waals surface area contributed by atoms with Gasteiger partial charge in [0.2, 0.25) is 0 Å². The zero-order valence-electron chi connectivity index (χ0n) is 9.03. The zero-order chi connectivity index (χ0) is 10.6. The van der Waals surface area contributed by atoms with Gasteiger partial charge < -0.3 is 10.5 Å². The SMILES string of the molecule is CCOc1cncc(C(N)C(C)C)c1. The van der Waals surface area contributed by atoms with Crippen LogP contribution in [0.3, 0.4) is 0 Å². The van der Waals surface area contributed by atoms with Crippen LogP contribution in [0.5, 0.6) is 5.75 Å². The van der Waals surface area contributed by atoms with E-state index in [0.29, 0.717) is 12.5 Å². The molecule has 0 saturated heterocycles. The van der Waals surface area contributed by atoms with Crippen LogP contribution in [0.2, 0.25) is 0 Å². The number of nitrogens with zero attached hydrogens (tertiary/aromatic N) is 1. The fraction of sp³-hybridized carbons (Fsp3) is 0.545. The zero-order valence-corrected chi connectivity index (χ0v) is 9.03. The molecule has 78 valence electrons. The molecular formula is C11H18N2O. The molecule has 0 aromatic carbocycles. The van der Waals surface area contributed by atoms with E-state index >= 15 is 0 Å². The normalized spacial score (nSPS) is 12.9. The Morgan fingerprint density at radius 1 is 1.43 bits per heavy atom. The van der Waals surface area contributed by atoms with Gasteiger partial charge in [-0.15, -0.1) is 0 Å². The van der Waals surface area contributed by atoms with Gasteiger partial charge in [-0.25, -0.2) is 0 Å². The van der Waals surface area contributed by atoms with Crippen molar-refractivity contribution in [3.8, 4) is 5.75 Å². The van der Waals surface area contributed by atoms with Crippen molar-refractivity contribution >= 4 is 0 Å². The summed E-state index contributed by atoms with van der Waals surface area (Å²) in [5, 5.41) is 0. The van der Waals surface area contributed by atoms with E-state index in [1.54, 1.807) is 12.4 Å². The van der Waals surface area contributed by atoms with Crippen molar-refractivity contribution in [1.29, 1.82) is 0 Å². The second kappa shape index (κ2) is 4.96. The van der Waals surface area contributed by atoms with Gasteiger partial charge in [0.1, 0.15) is 5.75 Å². The van der Waals surface area contributed by atoms with E-state index in [0.717, 1.165) is 11.3 Å². The van der Waals surface area contributed by atoms with Gasteiger partial charge in [-0.2, -0.15) is 0 Å². The molecule has 14 heavy (non-hydrogen) atoms. The molecule has 0 fully saturated rings. The molecule has 0 aliphatic carbocycles. The predicted molar refractivity (Wildman–Crippen MR) is 57.2 cm³/mol. The monoisotopic (exact) mass is 194 g/mol. The van der Waals surface area contributed by atoms with E-state index in [1.807, 2.05) is 13.0 Å². The summed E-state index contributed by atoms with van der Waals surface area (Å²) in [7, 11) is 0. The topological polar surface area (TPSA) is 48.1 Å². The van der Waals surface area contributed by atoms with E-state index in [-0.39, 0.29) is 6.04 Å². The van der Waals surface area contributed by atoms with E-state index in [9.17, 15) is 0 Å². The largest absolute Gasteiger partial charge is 0.492 e. The van der Waals surface area contributed by atoms with Gasteiger partial charge in [-0.05, 0) is 24.5 Å². The Morgan fingerprint density at radius 3 is 2.71 bits per heavy atom. The van der Waals surface area contributed by atoms with Crippen LogP contribution in [0, 0.1) is 5.92 Å². The minimum absolute atomic E-state index is 0.0305. The lowest BCUT2D eigenvalue weighted by Crippen LogP contribution is -2.16. The van der Waals surface area contributed by atoms with E-state index in [1.165, 1.54) is 0 Å². The van der Waals surface area contributed by atoms with E-state index in [2.05, 4.69) is 18.8 Å². The molecule has 0 aliphatic heterocycles. The highest BCUT2D eigenvalue weighted by Crippen LogP contribution is 2.21. The second-order valence-electron chi connectivity index (χ2n) is 3.66. The number of hydrogen-bond acceptors (Lipinski definition) is 3. The fourth-order valence-corrected chi connectivity index (χ4v) is 1.25. The van der Waals surface area contributed by atoms with Crippen LogP contribution in [-0.4, -0.2) is 11.6 Å². The van der Waals surface area contributed by atoms with Crippen LogP contribution in [0.1, 0.15) is 32.4 Å². The van der Waals surface area contributed by atoms with Crippen LogP contribution in [0.15, 0.2) is 18.5 Å². The lowest BCUT2D eigenvalue weighted by molar-refractivity contribution is 0.337. The lowest BCUT2D eigenvalue weighted by atomic mass is 9.99. The summed E-state index contributed by atoms with van der Waals surface area (Å²) in [6, 6.07) is 1.99. The molecular weight excluding hydrogens is 176 g/mol. The molecule has 0 amide bonds. The quantitative estimate of drug-likeness (QED) is 0.798. The summed E-state index contributed by atoms with van der Waals surface area (Å²) in [6.07, 6.45) is 3.51. The maximum Gasteiger partial charge on any atom is 0.137 e. The molecule has 3 heteroatoms. The minimum Gasteiger partial charge on any atom is -0.492 e. The molecule has 1 unspecified atom stereocenters. The van der Waals surface area contributed by atoms with Gasteiger partial charge in [-0.3, -0.25) is 4.98 Å². The van der Waals surface area contributed by atoms with Crippen LogP contribution >= 0.6 is 0 Å². The Bertz CT molecular complexity index is 286. The maximum atomic E-state index is 6.01. The van der Waals surface area contributed by atoms with Crippen molar-refractivity contribution in [2.24, 2.45) is 11.7 Å². The molecule has 1 aromatic rings. The van der Waals surface area contributed by atoms with Crippen molar-refractivity contribution in [3.05, 3.63) is 24.0 Å². The first kappa shape index (κ1) is 11.0. The number of ether oxygens (including phenoxy) is 1. The highest BCUT2D eigenvalue weighted by molar-refractivity contribution is 5.26. The summed E-state index contributed by atoms with van der Waals surface area (Å²) in [4.78, 5) is 4.10. The maximum absolute atomic E-state index is 6.01. The van der Waals surface area contributed by atoms with Crippen molar-refractivity contribution in [3.63, 3.8) is 0 Å². The average Bonchev–Trinajstić information content (AvgIpc) is 2.17. The van der Waals surface area contributed by atoms with Crippen LogP contribution in [-0.2, 0) is 0 Å². The summed E-state index contributed by atoms with van der Waals surface area (Å²) >= 11 is 0. The first-order valence-electron chi connectivity index (χ1n) is 4.98. The molecule has 0 saturated carbocycles. The Labute approximate surface area is 85.3 Å². The Kier molecular flexibility index (Phi) is 3.89. The van der Waals surface area contributed by atoms with Crippen LogP contribution in [0.4, 0.5) is 0 Å². The fourth-order valence-electron chi connectivity index (χ4n) is 1.25. The van der Waals surface area contributed by atoms with E-state index < -0.39 is 0 Å². The standard InChI is InChI=1S/C11H18N2O/c1-4-14-10-5-9(6-13-7-10)11(12)8(2)3/h5-8,11H,4,12H2,1-3H3. The molecule has 1 atom stereocenters. The van der Waals surface area contributed by atoms with Crippen molar-refractivity contribution in [2.75, 3.05) is 6.61 Å². The van der Waals surface area contributed by atoms with Gasteiger partial charge in [-0.1, -0.05) is 13.8 Å². The molecule has 0 aliphatic rings. The molecule has 1 aromatic heterocycles. The summed E-state index contributed by atoms with van der Waals surface area (Å²) in [5.74, 6) is 1.20.